The van der Waals surface area contributed by atoms with E-state index in [1.807, 2.05) is 100 Å². The number of benzene rings is 4. The summed E-state index contributed by atoms with van der Waals surface area (Å²) in [5, 5.41) is 0. The van der Waals surface area contributed by atoms with Gasteiger partial charge in [-0.3, -0.25) is 0 Å². The lowest BCUT2D eigenvalue weighted by Gasteiger charge is -2.24. The Morgan fingerprint density at radius 3 is 1.31 bits per heavy atom. The summed E-state index contributed by atoms with van der Waals surface area (Å²) < 4.78 is 73.1. The van der Waals surface area contributed by atoms with Gasteiger partial charge in [0.1, 0.15) is 10.1 Å². The highest BCUT2D eigenvalue weighted by Crippen LogP contribution is 2.36. The van der Waals surface area contributed by atoms with Crippen LogP contribution in [0.4, 0.5) is 13.2 Å². The first-order valence-corrected chi connectivity index (χ1v) is 16.4. The Labute approximate surface area is 250 Å². The van der Waals surface area contributed by atoms with Gasteiger partial charge in [0.15, 0.2) is 14.7 Å². The lowest BCUT2D eigenvalue weighted by Crippen LogP contribution is -2.11. The Kier molecular flexibility index (Phi) is 11.1. The molecule has 4 aromatic rings. The van der Waals surface area contributed by atoms with Gasteiger partial charge in [-0.25, -0.2) is 8.42 Å². The Morgan fingerprint density at radius 2 is 1.00 bits per heavy atom. The van der Waals surface area contributed by atoms with Gasteiger partial charge in [-0.15, -0.1) is 0 Å². The molecule has 224 valence electrons. The van der Waals surface area contributed by atoms with E-state index in [0.717, 1.165) is 32.4 Å². The summed E-state index contributed by atoms with van der Waals surface area (Å²) in [5.41, 5.74) is 1.75. The predicted molar refractivity (Wildman–Crippen MR) is 163 cm³/mol. The molecule has 0 spiro atoms. The van der Waals surface area contributed by atoms with Gasteiger partial charge in [0, 0.05) is 0 Å². The molecule has 0 saturated heterocycles. The summed E-state index contributed by atoms with van der Waals surface area (Å²) in [6, 6.07) is 28.9. The minimum atomic E-state index is -4.45. The lowest BCUT2D eigenvalue weighted by atomic mass is 9.89. The summed E-state index contributed by atoms with van der Waals surface area (Å²) in [4.78, 5) is 3.02. The second-order valence-electron chi connectivity index (χ2n) is 10.9. The maximum absolute atomic E-state index is 12.8. The maximum Gasteiger partial charge on any atom is 0.416 e. The highest BCUT2D eigenvalue weighted by Gasteiger charge is 2.33. The molecule has 0 heterocycles. The predicted octanol–water partition coefficient (Wildman–Crippen LogP) is 9.76. The zero-order chi connectivity index (χ0) is 31.2. The van der Waals surface area contributed by atoms with Crippen LogP contribution >= 0.6 is 0 Å². The van der Waals surface area contributed by atoms with Crippen molar-refractivity contribution in [3.05, 3.63) is 119 Å². The van der Waals surface area contributed by atoms with Crippen molar-refractivity contribution in [1.29, 1.82) is 0 Å². The average molecular weight is 615 g/mol. The molecule has 0 aromatic heterocycles. The van der Waals surface area contributed by atoms with Crippen molar-refractivity contribution >= 4 is 21.0 Å². The normalized spacial score (nSPS) is 12.1. The summed E-state index contributed by atoms with van der Waals surface area (Å²) in [5.74, 6) is 0.322. The Hall–Kier alpha value is -3.07. The van der Waals surface area contributed by atoms with Crippen LogP contribution in [0.5, 0.6) is 0 Å². The van der Waals surface area contributed by atoms with Crippen LogP contribution in [-0.4, -0.2) is 13.0 Å². The van der Waals surface area contributed by atoms with Gasteiger partial charge in [0.25, 0.3) is 0 Å². The molecule has 8 heteroatoms. The zero-order valence-corrected chi connectivity index (χ0v) is 26.3. The SMILES string of the molecule is CC(C)c1cc(C(C)C)c(S(=O)(=O)[O-])c(C(C)C)c1.FC(F)(F)c1ccc([S+](c2ccccc2)c2ccccc2)cc1. The highest BCUT2D eigenvalue weighted by molar-refractivity contribution is 7.97. The van der Waals surface area contributed by atoms with Crippen LogP contribution in [0.3, 0.4) is 0 Å². The molecule has 0 N–H and O–H groups in total. The molecule has 3 nitrogen and oxygen atoms in total. The highest BCUT2D eigenvalue weighted by atomic mass is 32.2. The molecule has 0 amide bonds. The monoisotopic (exact) mass is 614 g/mol. The largest absolute Gasteiger partial charge is 0.744 e. The lowest BCUT2D eigenvalue weighted by molar-refractivity contribution is -0.137. The molecule has 0 radical (unpaired) electrons. The smallest absolute Gasteiger partial charge is 0.416 e. The van der Waals surface area contributed by atoms with Crippen LogP contribution in [0.25, 0.3) is 0 Å². The van der Waals surface area contributed by atoms with E-state index in [9.17, 15) is 26.1 Å². The third-order valence-electron chi connectivity index (χ3n) is 6.70. The van der Waals surface area contributed by atoms with Crippen molar-refractivity contribution < 1.29 is 26.1 Å². The van der Waals surface area contributed by atoms with Gasteiger partial charge in [-0.1, -0.05) is 90.1 Å². The maximum atomic E-state index is 12.8. The number of rotatable bonds is 7. The van der Waals surface area contributed by atoms with Gasteiger partial charge in [-0.2, -0.15) is 13.2 Å². The number of halogens is 3. The fourth-order valence-electron chi connectivity index (χ4n) is 4.48. The molecule has 0 bridgehead atoms. The van der Waals surface area contributed by atoms with Gasteiger partial charge in [0.2, 0.25) is 0 Å². The van der Waals surface area contributed by atoms with Crippen molar-refractivity contribution in [3.8, 4) is 0 Å². The number of hydrogen-bond acceptors (Lipinski definition) is 3. The third-order valence-corrected chi connectivity index (χ3v) is 9.91. The summed E-state index contributed by atoms with van der Waals surface area (Å²) in [6.45, 7) is 11.8. The first-order valence-electron chi connectivity index (χ1n) is 13.8. The van der Waals surface area contributed by atoms with Crippen molar-refractivity contribution in [2.45, 2.75) is 85.1 Å². The molecule has 0 fully saturated rings. The van der Waals surface area contributed by atoms with E-state index in [0.29, 0.717) is 17.0 Å². The molecule has 0 unspecified atom stereocenters. The molecule has 4 aromatic carbocycles. The second-order valence-corrected chi connectivity index (χ2v) is 14.2. The van der Waals surface area contributed by atoms with Crippen LogP contribution < -0.4 is 0 Å². The molecule has 42 heavy (non-hydrogen) atoms. The minimum absolute atomic E-state index is 0.00919. The molecule has 0 atom stereocenters. The number of hydrogen-bond donors (Lipinski definition) is 0. The van der Waals surface area contributed by atoms with E-state index in [1.54, 1.807) is 12.1 Å². The van der Waals surface area contributed by atoms with Crippen molar-refractivity contribution in [3.63, 3.8) is 0 Å². The molecule has 4 rings (SSSR count). The van der Waals surface area contributed by atoms with Gasteiger partial charge < -0.3 is 4.55 Å². The van der Waals surface area contributed by atoms with Crippen LogP contribution in [0.2, 0.25) is 0 Å². The van der Waals surface area contributed by atoms with E-state index < -0.39 is 32.8 Å². The van der Waals surface area contributed by atoms with Gasteiger partial charge in [0.05, 0.1) is 21.4 Å². The van der Waals surface area contributed by atoms with Crippen LogP contribution in [0, 0.1) is 0 Å². The fourth-order valence-corrected chi connectivity index (χ4v) is 7.73. The zero-order valence-electron chi connectivity index (χ0n) is 24.6. The van der Waals surface area contributed by atoms with Crippen molar-refractivity contribution in [2.75, 3.05) is 0 Å². The summed E-state index contributed by atoms with van der Waals surface area (Å²) in [7, 11) is -4.86. The summed E-state index contributed by atoms with van der Waals surface area (Å²) >= 11 is 0. The molecule has 0 aliphatic rings. The van der Waals surface area contributed by atoms with E-state index in [2.05, 4.69) is 13.8 Å². The molecular weight excluding hydrogens is 577 g/mol. The fraction of sp³-hybridized carbons (Fsp3) is 0.294. The van der Waals surface area contributed by atoms with Crippen LogP contribution in [0.15, 0.2) is 117 Å². The van der Waals surface area contributed by atoms with Crippen LogP contribution in [0.1, 0.15) is 81.5 Å². The Morgan fingerprint density at radius 1 is 0.619 bits per heavy atom. The third kappa shape index (κ3) is 8.49. The van der Waals surface area contributed by atoms with Crippen molar-refractivity contribution in [2.24, 2.45) is 0 Å². The Balaban J connectivity index is 0.000000236. The average Bonchev–Trinajstić information content (AvgIpc) is 2.93. The quantitative estimate of drug-likeness (QED) is 0.154. The summed E-state index contributed by atoms with van der Waals surface area (Å²) in [6.07, 6.45) is -4.31. The minimum Gasteiger partial charge on any atom is -0.744 e. The molecule has 0 aliphatic carbocycles. The van der Waals surface area contributed by atoms with E-state index in [1.165, 1.54) is 0 Å². The molecular formula is C34H37F3O3S2. The van der Waals surface area contributed by atoms with E-state index >= 15 is 0 Å². The van der Waals surface area contributed by atoms with Crippen molar-refractivity contribution in [1.82, 2.24) is 0 Å². The topological polar surface area (TPSA) is 57.2 Å². The first kappa shape index (κ1) is 33.4. The van der Waals surface area contributed by atoms with E-state index in [-0.39, 0.29) is 16.7 Å². The second kappa shape index (κ2) is 13.9. The first-order chi connectivity index (χ1) is 19.6. The standard InChI is InChI=1S/C19H14F3S.C15H24O3S/c20-19(21,22)15-11-13-18(14-12-15)23(16-7-3-1-4-8-16)17-9-5-2-6-10-17;1-9(2)12-7-13(10(3)4)15(19(16,17)18)14(8-12)11(5)6/h1-14H;7-11H,1-6H3,(H,16,17,18)/q+1;/p-1. The van der Waals surface area contributed by atoms with E-state index in [4.69, 9.17) is 0 Å². The van der Waals surface area contributed by atoms with Crippen LogP contribution in [-0.2, 0) is 27.2 Å². The Bertz CT molecular complexity index is 1480. The van der Waals surface area contributed by atoms with Gasteiger partial charge >= 0.3 is 6.18 Å². The number of alkyl halides is 3. The molecule has 0 saturated carbocycles. The molecule has 0 aliphatic heterocycles. The van der Waals surface area contributed by atoms with Gasteiger partial charge in [-0.05, 0) is 83.0 Å².